The van der Waals surface area contributed by atoms with Crippen LogP contribution in [0.25, 0.3) is 0 Å². The smallest absolute Gasteiger partial charge is 0.387 e. The van der Waals surface area contributed by atoms with E-state index < -0.39 is 12.5 Å². The Morgan fingerprint density at radius 2 is 1.56 bits per heavy atom. The summed E-state index contributed by atoms with van der Waals surface area (Å²) in [4.78, 5) is 28.9. The summed E-state index contributed by atoms with van der Waals surface area (Å²) < 4.78 is 45.6. The molecule has 2 aromatic rings. The van der Waals surface area contributed by atoms with Crippen molar-refractivity contribution in [1.82, 2.24) is 9.80 Å². The summed E-state index contributed by atoms with van der Waals surface area (Å²) in [6.07, 6.45) is 0. The van der Waals surface area contributed by atoms with E-state index in [0.717, 1.165) is 0 Å². The summed E-state index contributed by atoms with van der Waals surface area (Å²) in [7, 11) is 4.47. The number of alkyl halides is 2. The zero-order valence-corrected chi connectivity index (χ0v) is 19.2. The van der Waals surface area contributed by atoms with E-state index in [1.54, 1.807) is 23.1 Å². The highest BCUT2D eigenvalue weighted by atomic mass is 19.3. The fourth-order valence-electron chi connectivity index (χ4n) is 3.68. The van der Waals surface area contributed by atoms with Gasteiger partial charge in [0.15, 0.2) is 11.5 Å². The predicted molar refractivity (Wildman–Crippen MR) is 120 cm³/mol. The number of carbonyl (C=O) groups excluding carboxylic acids is 2. The van der Waals surface area contributed by atoms with E-state index in [1.807, 2.05) is 4.90 Å². The molecule has 1 saturated heterocycles. The molecule has 2 aromatic carbocycles. The van der Waals surface area contributed by atoms with Crippen LogP contribution in [0.3, 0.4) is 0 Å². The van der Waals surface area contributed by atoms with Gasteiger partial charge in [-0.15, -0.1) is 0 Å². The van der Waals surface area contributed by atoms with Crippen LogP contribution in [0.2, 0.25) is 0 Å². The first-order chi connectivity index (χ1) is 16.4. The highest BCUT2D eigenvalue weighted by molar-refractivity contribution is 5.97. The quantitative estimate of drug-likeness (QED) is 0.592. The third-order valence-electron chi connectivity index (χ3n) is 5.31. The van der Waals surface area contributed by atoms with Crippen LogP contribution in [0.15, 0.2) is 36.4 Å². The first kappa shape index (κ1) is 25.0. The minimum atomic E-state index is -3.02. The van der Waals surface area contributed by atoms with Gasteiger partial charge < -0.3 is 29.2 Å². The summed E-state index contributed by atoms with van der Waals surface area (Å²) in [5.74, 6) is 0.460. The highest BCUT2D eigenvalue weighted by Gasteiger charge is 2.26. The Balaban J connectivity index is 1.57. The van der Waals surface area contributed by atoms with Gasteiger partial charge in [-0.1, -0.05) is 12.1 Å². The van der Waals surface area contributed by atoms with Gasteiger partial charge in [0.05, 0.1) is 33.4 Å². The molecule has 0 unspecified atom stereocenters. The number of ether oxygens (including phenoxy) is 4. The first-order valence-electron chi connectivity index (χ1n) is 10.5. The molecule has 9 nitrogen and oxygen atoms in total. The Labute approximate surface area is 196 Å². The van der Waals surface area contributed by atoms with Crippen LogP contribution >= 0.6 is 0 Å². The van der Waals surface area contributed by atoms with Gasteiger partial charge in [0.25, 0.3) is 5.91 Å². The van der Waals surface area contributed by atoms with Crippen molar-refractivity contribution in [3.8, 4) is 23.0 Å². The van der Waals surface area contributed by atoms with Crippen molar-refractivity contribution in [2.24, 2.45) is 0 Å². The number of amides is 2. The summed E-state index contributed by atoms with van der Waals surface area (Å²) >= 11 is 0. The van der Waals surface area contributed by atoms with Crippen molar-refractivity contribution in [2.45, 2.75) is 6.61 Å². The number of nitrogens with zero attached hydrogens (tertiary/aromatic N) is 2. The molecule has 1 N–H and O–H groups in total. The third-order valence-corrected chi connectivity index (χ3v) is 5.31. The Hall–Kier alpha value is -3.60. The number of piperazine rings is 1. The number of hydrogen-bond donors (Lipinski definition) is 1. The monoisotopic (exact) mass is 479 g/mol. The molecule has 11 heteroatoms. The molecule has 0 radical (unpaired) electrons. The van der Waals surface area contributed by atoms with Gasteiger partial charge in [-0.3, -0.25) is 14.5 Å². The lowest BCUT2D eigenvalue weighted by atomic mass is 10.1. The van der Waals surface area contributed by atoms with Crippen molar-refractivity contribution in [3.63, 3.8) is 0 Å². The first-order valence-corrected chi connectivity index (χ1v) is 10.5. The molecule has 0 bridgehead atoms. The fourth-order valence-corrected chi connectivity index (χ4v) is 3.68. The van der Waals surface area contributed by atoms with Gasteiger partial charge >= 0.3 is 6.61 Å². The second-order valence-electron chi connectivity index (χ2n) is 7.41. The molecule has 1 aliphatic heterocycles. The lowest BCUT2D eigenvalue weighted by molar-refractivity contribution is -0.117. The average Bonchev–Trinajstić information content (AvgIpc) is 2.83. The number of methoxy groups -OCH3 is 3. The van der Waals surface area contributed by atoms with Gasteiger partial charge in [0.2, 0.25) is 11.7 Å². The van der Waals surface area contributed by atoms with Gasteiger partial charge in [0.1, 0.15) is 5.75 Å². The average molecular weight is 479 g/mol. The number of anilines is 1. The van der Waals surface area contributed by atoms with Crippen LogP contribution in [0.4, 0.5) is 14.5 Å². The van der Waals surface area contributed by atoms with E-state index in [1.165, 1.54) is 39.5 Å². The van der Waals surface area contributed by atoms with Gasteiger partial charge in [-0.05, 0) is 12.1 Å². The topological polar surface area (TPSA) is 89.6 Å². The Morgan fingerprint density at radius 3 is 2.12 bits per heavy atom. The zero-order chi connectivity index (χ0) is 24.7. The molecule has 184 valence electrons. The summed E-state index contributed by atoms with van der Waals surface area (Å²) in [6.45, 7) is -1.31. The van der Waals surface area contributed by atoms with E-state index in [-0.39, 0.29) is 23.8 Å². The molecule has 34 heavy (non-hydrogen) atoms. The molecule has 1 fully saturated rings. The van der Waals surface area contributed by atoms with Crippen molar-refractivity contribution in [1.29, 1.82) is 0 Å². The molecule has 0 saturated carbocycles. The van der Waals surface area contributed by atoms with E-state index in [9.17, 15) is 18.4 Å². The van der Waals surface area contributed by atoms with Crippen LogP contribution in [0, 0.1) is 0 Å². The second-order valence-corrected chi connectivity index (χ2v) is 7.41. The SMILES string of the molecule is COc1cc(NC(=O)CN2CCN(C(=O)c3ccccc3OC(F)F)CC2)cc(OC)c1OC. The maximum Gasteiger partial charge on any atom is 0.387 e. The van der Waals surface area contributed by atoms with Crippen molar-refractivity contribution >= 4 is 17.5 Å². The molecule has 0 aromatic heterocycles. The van der Waals surface area contributed by atoms with Crippen LogP contribution in [-0.4, -0.2) is 82.3 Å². The Morgan fingerprint density at radius 1 is 0.941 bits per heavy atom. The Kier molecular flexibility index (Phi) is 8.47. The standard InChI is InChI=1S/C23H27F2N3O6/c1-31-18-12-15(13-19(32-2)21(18)33-3)26-20(29)14-27-8-10-28(11-9-27)22(30)16-6-4-5-7-17(16)34-23(24)25/h4-7,12-13,23H,8-11,14H2,1-3H3,(H,26,29). The molecule has 0 aliphatic carbocycles. The van der Waals surface area contributed by atoms with E-state index in [4.69, 9.17) is 14.2 Å². The maximum absolute atomic E-state index is 12.8. The minimum Gasteiger partial charge on any atom is -0.493 e. The number of carbonyl (C=O) groups is 2. The van der Waals surface area contributed by atoms with Crippen molar-refractivity contribution < 1.29 is 37.3 Å². The molecule has 1 aliphatic rings. The maximum atomic E-state index is 12.8. The predicted octanol–water partition coefficient (Wildman–Crippen LogP) is 2.71. The van der Waals surface area contributed by atoms with Gasteiger partial charge in [0, 0.05) is 44.0 Å². The summed E-state index contributed by atoms with van der Waals surface area (Å²) in [5.41, 5.74) is 0.570. The summed E-state index contributed by atoms with van der Waals surface area (Å²) in [5, 5.41) is 2.81. The number of halogens is 2. The minimum absolute atomic E-state index is 0.0800. The Bertz CT molecular complexity index is 987. The van der Waals surface area contributed by atoms with Crippen LogP contribution in [-0.2, 0) is 4.79 Å². The van der Waals surface area contributed by atoms with Crippen molar-refractivity contribution in [3.05, 3.63) is 42.0 Å². The van der Waals surface area contributed by atoms with E-state index >= 15 is 0 Å². The lowest BCUT2D eigenvalue weighted by Gasteiger charge is -2.34. The number of rotatable bonds is 9. The normalized spacial score (nSPS) is 14.0. The van der Waals surface area contributed by atoms with Crippen LogP contribution < -0.4 is 24.3 Å². The number of nitrogens with one attached hydrogen (secondary N) is 1. The second kappa shape index (κ2) is 11.5. The van der Waals surface area contributed by atoms with Gasteiger partial charge in [-0.2, -0.15) is 8.78 Å². The molecular weight excluding hydrogens is 452 g/mol. The molecule has 1 heterocycles. The highest BCUT2D eigenvalue weighted by Crippen LogP contribution is 2.39. The third kappa shape index (κ3) is 6.04. The molecule has 3 rings (SSSR count). The molecule has 0 spiro atoms. The fraction of sp³-hybridized carbons (Fsp3) is 0.391. The summed E-state index contributed by atoms with van der Waals surface area (Å²) in [6, 6.07) is 9.18. The van der Waals surface area contributed by atoms with Gasteiger partial charge in [-0.25, -0.2) is 0 Å². The van der Waals surface area contributed by atoms with E-state index in [0.29, 0.717) is 49.1 Å². The number of hydrogen-bond acceptors (Lipinski definition) is 7. The van der Waals surface area contributed by atoms with Crippen molar-refractivity contribution in [2.75, 3.05) is 59.4 Å². The number of benzene rings is 2. The zero-order valence-electron chi connectivity index (χ0n) is 19.2. The van der Waals surface area contributed by atoms with E-state index in [2.05, 4.69) is 10.1 Å². The molecule has 2 amide bonds. The lowest BCUT2D eigenvalue weighted by Crippen LogP contribution is -2.50. The van der Waals surface area contributed by atoms with Crippen LogP contribution in [0.5, 0.6) is 23.0 Å². The molecular formula is C23H27F2N3O6. The number of para-hydroxylation sites is 1. The molecule has 0 atom stereocenters. The van der Waals surface area contributed by atoms with Crippen LogP contribution in [0.1, 0.15) is 10.4 Å². The largest absolute Gasteiger partial charge is 0.493 e.